The van der Waals surface area contributed by atoms with Gasteiger partial charge in [0.05, 0.1) is 0 Å². The lowest BCUT2D eigenvalue weighted by Crippen LogP contribution is -1.97. The van der Waals surface area contributed by atoms with E-state index in [1.54, 1.807) is 0 Å². The molecule has 0 spiro atoms. The Balaban J connectivity index is 2.21. The standard InChI is InChI=1S/C12H15INO/c13-11-8-5-4-7-10(11)6-2-1-3-9-12(14)15/h4-5,7-8,14H,1-3,6,9H2. The molecule has 3 heteroatoms. The normalized spacial score (nSPS) is 10.2. The molecule has 1 aromatic carbocycles. The van der Waals surface area contributed by atoms with Crippen molar-refractivity contribution < 1.29 is 4.79 Å². The molecule has 0 saturated carbocycles. The third-order valence-corrected chi connectivity index (χ3v) is 3.36. The van der Waals surface area contributed by atoms with E-state index in [1.807, 2.05) is 6.07 Å². The molecule has 2 nitrogen and oxygen atoms in total. The van der Waals surface area contributed by atoms with Crippen molar-refractivity contribution in [2.75, 3.05) is 0 Å². The first-order chi connectivity index (χ1) is 7.20. The summed E-state index contributed by atoms with van der Waals surface area (Å²) in [4.78, 5) is 10.4. The van der Waals surface area contributed by atoms with Gasteiger partial charge in [0.2, 0.25) is 5.91 Å². The molecule has 0 unspecified atom stereocenters. The summed E-state index contributed by atoms with van der Waals surface area (Å²) < 4.78 is 1.31. The smallest absolute Gasteiger partial charge is 0.238 e. The van der Waals surface area contributed by atoms with Crippen LogP contribution < -0.4 is 5.73 Å². The van der Waals surface area contributed by atoms with E-state index in [0.717, 1.165) is 25.7 Å². The van der Waals surface area contributed by atoms with Crippen molar-refractivity contribution in [2.24, 2.45) is 0 Å². The minimum absolute atomic E-state index is 0.409. The van der Waals surface area contributed by atoms with Crippen LogP contribution in [0, 0.1) is 3.57 Å². The Kier molecular flexibility index (Phi) is 5.68. The van der Waals surface area contributed by atoms with Gasteiger partial charge < -0.3 is 0 Å². The molecule has 0 atom stereocenters. The van der Waals surface area contributed by atoms with Crippen LogP contribution in [0.15, 0.2) is 24.3 Å². The number of halogens is 1. The van der Waals surface area contributed by atoms with Gasteiger partial charge in [-0.05, 0) is 53.5 Å². The number of nitrogens with one attached hydrogen (secondary N) is 1. The number of carbonyl (C=O) groups excluding carboxylic acids is 1. The fourth-order valence-corrected chi connectivity index (χ4v) is 2.14. The third kappa shape index (κ3) is 5.16. The summed E-state index contributed by atoms with van der Waals surface area (Å²) in [7, 11) is 0. The Morgan fingerprint density at radius 3 is 2.60 bits per heavy atom. The Labute approximate surface area is 104 Å². The van der Waals surface area contributed by atoms with Gasteiger partial charge in [-0.3, -0.25) is 10.5 Å². The number of carbonyl (C=O) groups is 1. The van der Waals surface area contributed by atoms with Crippen molar-refractivity contribution >= 4 is 28.5 Å². The number of aryl methyl sites for hydroxylation is 1. The van der Waals surface area contributed by atoms with Gasteiger partial charge in [0.1, 0.15) is 0 Å². The van der Waals surface area contributed by atoms with E-state index >= 15 is 0 Å². The van der Waals surface area contributed by atoms with Gasteiger partial charge in [-0.2, -0.15) is 0 Å². The van der Waals surface area contributed by atoms with E-state index in [-0.39, 0.29) is 0 Å². The fourth-order valence-electron chi connectivity index (χ4n) is 1.48. The SMILES string of the molecule is [NH]C(=O)CCCCCc1ccccc1I. The summed E-state index contributed by atoms with van der Waals surface area (Å²) in [5, 5.41) is 0. The molecule has 0 heterocycles. The first kappa shape index (κ1) is 12.5. The maximum atomic E-state index is 10.4. The zero-order valence-electron chi connectivity index (χ0n) is 8.63. The molecule has 0 fully saturated rings. The molecule has 1 N–H and O–H groups in total. The molecule has 1 radical (unpaired) electrons. The molecule has 81 valence electrons. The van der Waals surface area contributed by atoms with E-state index in [4.69, 9.17) is 5.73 Å². The minimum atomic E-state index is -0.440. The molecule has 0 aliphatic carbocycles. The summed E-state index contributed by atoms with van der Waals surface area (Å²) in [6.07, 6.45) is 4.48. The lowest BCUT2D eigenvalue weighted by Gasteiger charge is -2.03. The quantitative estimate of drug-likeness (QED) is 0.587. The van der Waals surface area contributed by atoms with Crippen LogP contribution >= 0.6 is 22.6 Å². The molecule has 0 aliphatic heterocycles. The average Bonchev–Trinajstić information content (AvgIpc) is 2.20. The number of amides is 1. The highest BCUT2D eigenvalue weighted by Gasteiger charge is 1.99. The van der Waals surface area contributed by atoms with Gasteiger partial charge in [0, 0.05) is 9.99 Å². The van der Waals surface area contributed by atoms with E-state index in [0.29, 0.717) is 6.42 Å². The fraction of sp³-hybridized carbons (Fsp3) is 0.417. The van der Waals surface area contributed by atoms with Gasteiger partial charge in [-0.15, -0.1) is 0 Å². The predicted molar refractivity (Wildman–Crippen MR) is 69.4 cm³/mol. The number of hydrogen-bond acceptors (Lipinski definition) is 1. The summed E-state index contributed by atoms with van der Waals surface area (Å²) >= 11 is 2.35. The van der Waals surface area contributed by atoms with Crippen LogP contribution in [-0.2, 0) is 11.2 Å². The molecule has 0 bridgehead atoms. The monoisotopic (exact) mass is 316 g/mol. The van der Waals surface area contributed by atoms with Crippen molar-refractivity contribution in [2.45, 2.75) is 32.1 Å². The Hall–Kier alpha value is -0.580. The molecular formula is C12H15INO. The summed E-state index contributed by atoms with van der Waals surface area (Å²) in [5.41, 5.74) is 8.16. The lowest BCUT2D eigenvalue weighted by atomic mass is 10.1. The van der Waals surface area contributed by atoms with Gasteiger partial charge in [-0.1, -0.05) is 24.6 Å². The first-order valence-electron chi connectivity index (χ1n) is 5.18. The molecule has 1 amide bonds. The second-order valence-electron chi connectivity index (χ2n) is 3.58. The zero-order chi connectivity index (χ0) is 11.1. The Morgan fingerprint density at radius 1 is 1.20 bits per heavy atom. The molecule has 1 aromatic rings. The lowest BCUT2D eigenvalue weighted by molar-refractivity contribution is -0.118. The molecule has 1 rings (SSSR count). The maximum Gasteiger partial charge on any atom is 0.238 e. The van der Waals surface area contributed by atoms with Crippen molar-refractivity contribution in [3.63, 3.8) is 0 Å². The van der Waals surface area contributed by atoms with Crippen LogP contribution in [0.3, 0.4) is 0 Å². The average molecular weight is 316 g/mol. The second-order valence-corrected chi connectivity index (χ2v) is 4.74. The number of unbranched alkanes of at least 4 members (excludes halogenated alkanes) is 2. The highest BCUT2D eigenvalue weighted by Crippen LogP contribution is 2.14. The van der Waals surface area contributed by atoms with Crippen LogP contribution in [0.5, 0.6) is 0 Å². The predicted octanol–water partition coefficient (Wildman–Crippen LogP) is 3.20. The number of rotatable bonds is 6. The van der Waals surface area contributed by atoms with E-state index < -0.39 is 5.91 Å². The maximum absolute atomic E-state index is 10.4. The molecule has 0 aliphatic rings. The van der Waals surface area contributed by atoms with Crippen molar-refractivity contribution in [3.8, 4) is 0 Å². The second kappa shape index (κ2) is 6.82. The van der Waals surface area contributed by atoms with Crippen LogP contribution in [0.1, 0.15) is 31.2 Å². The van der Waals surface area contributed by atoms with E-state index in [2.05, 4.69) is 40.8 Å². The largest absolute Gasteiger partial charge is 0.273 e. The van der Waals surface area contributed by atoms with Crippen LogP contribution in [0.4, 0.5) is 0 Å². The van der Waals surface area contributed by atoms with Crippen molar-refractivity contribution in [3.05, 3.63) is 33.4 Å². The highest BCUT2D eigenvalue weighted by atomic mass is 127. The van der Waals surface area contributed by atoms with Gasteiger partial charge in [-0.25, -0.2) is 0 Å². The van der Waals surface area contributed by atoms with Gasteiger partial charge in [0.25, 0.3) is 0 Å². The van der Waals surface area contributed by atoms with E-state index in [1.165, 1.54) is 9.13 Å². The third-order valence-electron chi connectivity index (χ3n) is 2.31. The van der Waals surface area contributed by atoms with Crippen LogP contribution in [0.2, 0.25) is 0 Å². The summed E-state index contributed by atoms with van der Waals surface area (Å²) in [5.74, 6) is -0.440. The topological polar surface area (TPSA) is 40.9 Å². The van der Waals surface area contributed by atoms with Crippen LogP contribution in [-0.4, -0.2) is 5.91 Å². The molecule has 15 heavy (non-hydrogen) atoms. The number of benzene rings is 1. The number of hydrogen-bond donors (Lipinski definition) is 0. The van der Waals surface area contributed by atoms with E-state index in [9.17, 15) is 4.79 Å². The summed E-state index contributed by atoms with van der Waals surface area (Å²) in [6, 6.07) is 8.37. The van der Waals surface area contributed by atoms with Crippen molar-refractivity contribution in [1.82, 2.24) is 5.73 Å². The van der Waals surface area contributed by atoms with Gasteiger partial charge in [0.15, 0.2) is 0 Å². The molecule has 0 aromatic heterocycles. The molecular weight excluding hydrogens is 301 g/mol. The van der Waals surface area contributed by atoms with Gasteiger partial charge >= 0.3 is 0 Å². The van der Waals surface area contributed by atoms with Crippen molar-refractivity contribution in [1.29, 1.82) is 0 Å². The molecule has 0 saturated heterocycles. The zero-order valence-corrected chi connectivity index (χ0v) is 10.8. The Morgan fingerprint density at radius 2 is 1.93 bits per heavy atom. The van der Waals surface area contributed by atoms with Crippen LogP contribution in [0.25, 0.3) is 0 Å². The summed E-state index contributed by atoms with van der Waals surface area (Å²) in [6.45, 7) is 0. The first-order valence-corrected chi connectivity index (χ1v) is 6.26. The minimum Gasteiger partial charge on any atom is -0.273 e. The highest BCUT2D eigenvalue weighted by molar-refractivity contribution is 14.1. The Bertz CT molecular complexity index is 325.